The number of halogens is 4. The summed E-state index contributed by atoms with van der Waals surface area (Å²) in [4.78, 5) is 3.31. The fraction of sp³-hybridized carbons (Fsp3) is 0.300. The van der Waals surface area contributed by atoms with Crippen molar-refractivity contribution in [3.8, 4) is 11.3 Å². The van der Waals surface area contributed by atoms with E-state index >= 15 is 0 Å². The van der Waals surface area contributed by atoms with Gasteiger partial charge in [0.1, 0.15) is 0 Å². The first-order valence-corrected chi connectivity index (χ1v) is 8.88. The van der Waals surface area contributed by atoms with Gasteiger partial charge in [-0.2, -0.15) is 13.2 Å². The van der Waals surface area contributed by atoms with Crippen LogP contribution >= 0.6 is 11.6 Å². The molecule has 0 aliphatic heterocycles. The summed E-state index contributed by atoms with van der Waals surface area (Å²) in [6.45, 7) is 2.49. The molecule has 2 nitrogen and oxygen atoms in total. The van der Waals surface area contributed by atoms with E-state index in [0.29, 0.717) is 22.8 Å². The monoisotopic (exact) mass is 380 g/mol. The molecule has 2 aromatic carbocycles. The van der Waals surface area contributed by atoms with Crippen LogP contribution in [0.2, 0.25) is 5.02 Å². The zero-order chi connectivity index (χ0) is 18.9. The summed E-state index contributed by atoms with van der Waals surface area (Å²) < 4.78 is 39.3. The molecule has 0 aliphatic rings. The fourth-order valence-corrected chi connectivity index (χ4v) is 3.39. The Morgan fingerprint density at radius 2 is 1.88 bits per heavy atom. The molecule has 26 heavy (non-hydrogen) atoms. The van der Waals surface area contributed by atoms with Crippen LogP contribution in [0.15, 0.2) is 36.4 Å². The SMILES string of the molecule is Cc1c(Cl)ccc2c(CCCCN)c(-c3cccc(C(F)(F)F)c3)[nH]c12. The first-order valence-electron chi connectivity index (χ1n) is 8.50. The van der Waals surface area contributed by atoms with Crippen LogP contribution in [0.1, 0.15) is 29.5 Å². The number of alkyl halides is 3. The fourth-order valence-electron chi connectivity index (χ4n) is 3.24. The first kappa shape index (κ1) is 18.8. The molecular weight excluding hydrogens is 361 g/mol. The third kappa shape index (κ3) is 3.60. The standard InChI is InChI=1S/C20H20ClF3N2/c1-12-17(21)9-8-16-15(7-2-3-10-25)19(26-18(12)16)13-5-4-6-14(11-13)20(22,23)24/h4-6,8-9,11,26H,2-3,7,10,25H2,1H3. The van der Waals surface area contributed by atoms with Gasteiger partial charge in [-0.25, -0.2) is 0 Å². The molecule has 0 atom stereocenters. The number of hydrogen-bond acceptors (Lipinski definition) is 1. The summed E-state index contributed by atoms with van der Waals surface area (Å²) >= 11 is 6.22. The van der Waals surface area contributed by atoms with E-state index in [1.165, 1.54) is 12.1 Å². The number of nitrogens with one attached hydrogen (secondary N) is 1. The van der Waals surface area contributed by atoms with Crippen molar-refractivity contribution in [3.05, 3.63) is 58.1 Å². The van der Waals surface area contributed by atoms with Crippen molar-refractivity contribution in [3.63, 3.8) is 0 Å². The number of hydrogen-bond donors (Lipinski definition) is 2. The maximum atomic E-state index is 13.1. The van der Waals surface area contributed by atoms with Crippen LogP contribution in [0.25, 0.3) is 22.2 Å². The highest BCUT2D eigenvalue weighted by atomic mass is 35.5. The summed E-state index contributed by atoms with van der Waals surface area (Å²) in [6, 6.07) is 9.17. The van der Waals surface area contributed by atoms with Gasteiger partial charge in [0.25, 0.3) is 0 Å². The number of aromatic nitrogens is 1. The molecular formula is C20H20ClF3N2. The average Bonchev–Trinajstić information content (AvgIpc) is 2.97. The largest absolute Gasteiger partial charge is 0.416 e. The van der Waals surface area contributed by atoms with Gasteiger partial charge in [-0.05, 0) is 67.6 Å². The second-order valence-corrected chi connectivity index (χ2v) is 6.81. The van der Waals surface area contributed by atoms with Crippen LogP contribution in [0.3, 0.4) is 0 Å². The third-order valence-corrected chi connectivity index (χ3v) is 5.04. The number of fused-ring (bicyclic) bond motifs is 1. The van der Waals surface area contributed by atoms with Crippen LogP contribution < -0.4 is 5.73 Å². The lowest BCUT2D eigenvalue weighted by Crippen LogP contribution is -2.04. The quantitative estimate of drug-likeness (QED) is 0.516. The van der Waals surface area contributed by atoms with Crippen molar-refractivity contribution in [1.82, 2.24) is 4.98 Å². The van der Waals surface area contributed by atoms with E-state index in [1.807, 2.05) is 19.1 Å². The molecule has 0 radical (unpaired) electrons. The average molecular weight is 381 g/mol. The molecule has 0 unspecified atom stereocenters. The number of H-pyrrole nitrogens is 1. The molecule has 3 aromatic rings. The van der Waals surface area contributed by atoms with E-state index in [4.69, 9.17) is 17.3 Å². The number of aryl methyl sites for hydroxylation is 2. The summed E-state index contributed by atoms with van der Waals surface area (Å²) in [5.41, 5.74) is 8.94. The number of benzene rings is 2. The predicted octanol–water partition coefficient (Wildman–Crippen LogP) is 6.10. The second kappa shape index (κ2) is 7.33. The van der Waals surface area contributed by atoms with E-state index in [0.717, 1.165) is 47.4 Å². The molecule has 0 amide bonds. The van der Waals surface area contributed by atoms with E-state index in [1.54, 1.807) is 6.07 Å². The normalized spacial score (nSPS) is 12.1. The maximum Gasteiger partial charge on any atom is 0.416 e. The lowest BCUT2D eigenvalue weighted by atomic mass is 9.98. The summed E-state index contributed by atoms with van der Waals surface area (Å²) in [7, 11) is 0. The number of rotatable bonds is 5. The Labute approximate surface area is 155 Å². The van der Waals surface area contributed by atoms with Crippen molar-refractivity contribution in [2.45, 2.75) is 32.4 Å². The zero-order valence-corrected chi connectivity index (χ0v) is 15.1. The van der Waals surface area contributed by atoms with Crippen molar-refractivity contribution >= 4 is 22.5 Å². The second-order valence-electron chi connectivity index (χ2n) is 6.40. The van der Waals surface area contributed by atoms with Gasteiger partial charge < -0.3 is 10.7 Å². The van der Waals surface area contributed by atoms with E-state index in [9.17, 15) is 13.2 Å². The molecule has 0 saturated carbocycles. The van der Waals surface area contributed by atoms with Gasteiger partial charge in [0.15, 0.2) is 0 Å². The smallest absolute Gasteiger partial charge is 0.354 e. The van der Waals surface area contributed by atoms with Crippen LogP contribution in [-0.4, -0.2) is 11.5 Å². The highest BCUT2D eigenvalue weighted by Gasteiger charge is 2.30. The topological polar surface area (TPSA) is 41.8 Å². The van der Waals surface area contributed by atoms with Crippen molar-refractivity contribution < 1.29 is 13.2 Å². The molecule has 138 valence electrons. The molecule has 0 fully saturated rings. The Balaban J connectivity index is 2.18. The van der Waals surface area contributed by atoms with E-state index in [-0.39, 0.29) is 0 Å². The van der Waals surface area contributed by atoms with Gasteiger partial charge in [-0.3, -0.25) is 0 Å². The Bertz CT molecular complexity index is 929. The molecule has 3 N–H and O–H groups in total. The zero-order valence-electron chi connectivity index (χ0n) is 14.4. The van der Waals surface area contributed by atoms with Crippen LogP contribution in [0.5, 0.6) is 0 Å². The Hall–Kier alpha value is -1.98. The third-order valence-electron chi connectivity index (χ3n) is 4.64. The molecule has 3 rings (SSSR count). The van der Waals surface area contributed by atoms with Crippen LogP contribution in [0, 0.1) is 6.92 Å². The molecule has 0 bridgehead atoms. The van der Waals surface area contributed by atoms with Gasteiger partial charge in [-0.1, -0.05) is 29.8 Å². The first-order chi connectivity index (χ1) is 12.3. The minimum Gasteiger partial charge on any atom is -0.354 e. The highest BCUT2D eigenvalue weighted by molar-refractivity contribution is 6.32. The van der Waals surface area contributed by atoms with Gasteiger partial charge in [-0.15, -0.1) is 0 Å². The van der Waals surface area contributed by atoms with Gasteiger partial charge in [0, 0.05) is 16.1 Å². The van der Waals surface area contributed by atoms with Gasteiger partial charge >= 0.3 is 6.18 Å². The molecule has 0 saturated heterocycles. The number of nitrogens with two attached hydrogens (primary N) is 1. The summed E-state index contributed by atoms with van der Waals surface area (Å²) in [6.07, 6.45) is -1.90. The van der Waals surface area contributed by atoms with Crippen molar-refractivity contribution in [1.29, 1.82) is 0 Å². The molecule has 6 heteroatoms. The molecule has 1 heterocycles. The maximum absolute atomic E-state index is 13.1. The molecule has 1 aromatic heterocycles. The predicted molar refractivity (Wildman–Crippen MR) is 100 cm³/mol. The minimum atomic E-state index is -4.37. The lowest BCUT2D eigenvalue weighted by Gasteiger charge is -2.10. The van der Waals surface area contributed by atoms with E-state index in [2.05, 4.69) is 4.98 Å². The lowest BCUT2D eigenvalue weighted by molar-refractivity contribution is -0.137. The van der Waals surface area contributed by atoms with Crippen molar-refractivity contribution in [2.24, 2.45) is 5.73 Å². The molecule has 0 aliphatic carbocycles. The van der Waals surface area contributed by atoms with Crippen molar-refractivity contribution in [2.75, 3.05) is 6.54 Å². The molecule has 0 spiro atoms. The Morgan fingerprint density at radius 3 is 2.58 bits per heavy atom. The van der Waals surface area contributed by atoms with E-state index < -0.39 is 11.7 Å². The van der Waals surface area contributed by atoms with Crippen LogP contribution in [0.4, 0.5) is 13.2 Å². The van der Waals surface area contributed by atoms with Gasteiger partial charge in [0.05, 0.1) is 11.1 Å². The number of aromatic amines is 1. The highest BCUT2D eigenvalue weighted by Crippen LogP contribution is 2.37. The van der Waals surface area contributed by atoms with Crippen LogP contribution in [-0.2, 0) is 12.6 Å². The number of unbranched alkanes of at least 4 members (excludes halogenated alkanes) is 1. The van der Waals surface area contributed by atoms with Gasteiger partial charge in [0.2, 0.25) is 0 Å². The Kier molecular flexibility index (Phi) is 5.30. The minimum absolute atomic E-state index is 0.522. The summed E-state index contributed by atoms with van der Waals surface area (Å²) in [5, 5.41) is 1.62. The Morgan fingerprint density at radius 1 is 1.12 bits per heavy atom. The summed E-state index contributed by atoms with van der Waals surface area (Å²) in [5.74, 6) is 0.